The second-order valence-electron chi connectivity index (χ2n) is 7.90. The Morgan fingerprint density at radius 2 is 2.03 bits per heavy atom. The van der Waals surface area contributed by atoms with Gasteiger partial charge >= 0.3 is 0 Å². The fourth-order valence-corrected chi connectivity index (χ4v) is 4.04. The average molecular weight is 405 g/mol. The van der Waals surface area contributed by atoms with Crippen molar-refractivity contribution in [3.63, 3.8) is 0 Å². The molecule has 1 atom stereocenters. The fourth-order valence-electron chi connectivity index (χ4n) is 4.04. The number of nitrogens with zero attached hydrogens (tertiary/aromatic N) is 4. The maximum absolute atomic E-state index is 12.7. The first-order valence-electron chi connectivity index (χ1n) is 10.5. The zero-order valence-corrected chi connectivity index (χ0v) is 17.4. The molecule has 1 unspecified atom stereocenters. The van der Waals surface area contributed by atoms with Gasteiger partial charge in [-0.1, -0.05) is 30.3 Å². The van der Waals surface area contributed by atoms with Crippen molar-refractivity contribution >= 4 is 5.91 Å². The molecule has 0 spiro atoms. The summed E-state index contributed by atoms with van der Waals surface area (Å²) >= 11 is 0. The number of ether oxygens (including phenoxy) is 1. The molecule has 30 heavy (non-hydrogen) atoms. The molecule has 0 N–H and O–H groups in total. The van der Waals surface area contributed by atoms with E-state index < -0.39 is 0 Å². The molecule has 0 radical (unpaired) electrons. The third-order valence-corrected chi connectivity index (χ3v) is 5.62. The lowest BCUT2D eigenvalue weighted by Gasteiger charge is -2.33. The van der Waals surface area contributed by atoms with E-state index in [9.17, 15) is 4.79 Å². The Hall–Kier alpha value is -2.99. The van der Waals surface area contributed by atoms with Crippen LogP contribution in [-0.4, -0.2) is 45.0 Å². The minimum Gasteiger partial charge on any atom is -0.367 e. The highest BCUT2D eigenvalue weighted by Crippen LogP contribution is 2.24. The van der Waals surface area contributed by atoms with Crippen LogP contribution >= 0.6 is 0 Å². The van der Waals surface area contributed by atoms with E-state index >= 15 is 0 Å². The van der Waals surface area contributed by atoms with Crippen molar-refractivity contribution in [3.8, 4) is 11.4 Å². The molecule has 1 fully saturated rings. The quantitative estimate of drug-likeness (QED) is 0.602. The van der Waals surface area contributed by atoms with E-state index in [2.05, 4.69) is 21.5 Å². The number of rotatable bonds is 7. The number of amides is 1. The minimum absolute atomic E-state index is 0.0745. The van der Waals surface area contributed by atoms with Crippen LogP contribution in [0.25, 0.3) is 11.4 Å². The van der Waals surface area contributed by atoms with Crippen LogP contribution in [-0.2, 0) is 22.7 Å². The van der Waals surface area contributed by atoms with E-state index in [1.54, 1.807) is 6.20 Å². The van der Waals surface area contributed by atoms with Crippen molar-refractivity contribution < 1.29 is 9.53 Å². The molecule has 1 saturated heterocycles. The normalized spacial score (nSPS) is 16.6. The predicted molar refractivity (Wildman–Crippen MR) is 116 cm³/mol. The van der Waals surface area contributed by atoms with Gasteiger partial charge in [-0.05, 0) is 43.4 Å². The number of carbonyl (C=O) groups is 1. The number of aryl methyl sites for hydroxylation is 1. The highest BCUT2D eigenvalue weighted by Gasteiger charge is 2.25. The molecule has 0 bridgehead atoms. The minimum atomic E-state index is 0.0745. The first-order valence-corrected chi connectivity index (χ1v) is 10.5. The van der Waals surface area contributed by atoms with Gasteiger partial charge in [0.05, 0.1) is 6.61 Å². The summed E-state index contributed by atoms with van der Waals surface area (Å²) in [6.07, 6.45) is 7.66. The Morgan fingerprint density at radius 1 is 1.17 bits per heavy atom. The fraction of sp³-hybridized carbons (Fsp3) is 0.375. The van der Waals surface area contributed by atoms with Crippen molar-refractivity contribution in [2.24, 2.45) is 5.92 Å². The SMILES string of the molecule is Cc1cnc(-c2cccnc2)n1CC1CCCN(C(=O)COCc2ccccc2)C1. The summed E-state index contributed by atoms with van der Waals surface area (Å²) in [6.45, 7) is 5.10. The monoisotopic (exact) mass is 404 g/mol. The molecule has 156 valence electrons. The smallest absolute Gasteiger partial charge is 0.248 e. The van der Waals surface area contributed by atoms with E-state index in [1.807, 2.05) is 59.8 Å². The highest BCUT2D eigenvalue weighted by molar-refractivity contribution is 5.77. The van der Waals surface area contributed by atoms with Gasteiger partial charge in [0.25, 0.3) is 0 Å². The Labute approximate surface area is 177 Å². The molecular formula is C24H28N4O2. The van der Waals surface area contributed by atoms with Crippen LogP contribution in [0.5, 0.6) is 0 Å². The van der Waals surface area contributed by atoms with Gasteiger partial charge in [0, 0.05) is 49.5 Å². The van der Waals surface area contributed by atoms with Gasteiger partial charge in [0.15, 0.2) is 0 Å². The molecule has 2 aromatic heterocycles. The molecule has 4 rings (SSSR count). The van der Waals surface area contributed by atoms with Gasteiger partial charge in [0.2, 0.25) is 5.91 Å². The zero-order chi connectivity index (χ0) is 20.8. The largest absolute Gasteiger partial charge is 0.367 e. The number of hydrogen-bond acceptors (Lipinski definition) is 4. The number of pyridine rings is 1. The topological polar surface area (TPSA) is 60.2 Å². The Morgan fingerprint density at radius 3 is 2.83 bits per heavy atom. The number of benzene rings is 1. The number of piperidine rings is 1. The Kier molecular flexibility index (Phi) is 6.54. The summed E-state index contributed by atoms with van der Waals surface area (Å²) in [5, 5.41) is 0. The molecule has 0 aliphatic carbocycles. The van der Waals surface area contributed by atoms with E-state index in [0.717, 1.165) is 55.1 Å². The molecule has 1 aliphatic rings. The lowest BCUT2D eigenvalue weighted by atomic mass is 9.97. The third-order valence-electron chi connectivity index (χ3n) is 5.62. The van der Waals surface area contributed by atoms with E-state index in [4.69, 9.17) is 4.74 Å². The van der Waals surface area contributed by atoms with Crippen LogP contribution in [0.4, 0.5) is 0 Å². The second-order valence-corrected chi connectivity index (χ2v) is 7.90. The van der Waals surface area contributed by atoms with Crippen LogP contribution in [0.3, 0.4) is 0 Å². The number of aromatic nitrogens is 3. The molecule has 6 nitrogen and oxygen atoms in total. The van der Waals surface area contributed by atoms with Crippen LogP contribution in [0.2, 0.25) is 0 Å². The highest BCUT2D eigenvalue weighted by atomic mass is 16.5. The van der Waals surface area contributed by atoms with Crippen LogP contribution < -0.4 is 0 Å². The Bertz CT molecular complexity index is 956. The zero-order valence-electron chi connectivity index (χ0n) is 17.4. The number of imidazole rings is 1. The van der Waals surface area contributed by atoms with Gasteiger partial charge in [-0.25, -0.2) is 4.98 Å². The summed E-state index contributed by atoms with van der Waals surface area (Å²) in [7, 11) is 0. The van der Waals surface area contributed by atoms with Gasteiger partial charge in [0.1, 0.15) is 12.4 Å². The summed E-state index contributed by atoms with van der Waals surface area (Å²) in [5.41, 5.74) is 3.23. The second kappa shape index (κ2) is 9.67. The maximum Gasteiger partial charge on any atom is 0.248 e. The molecular weight excluding hydrogens is 376 g/mol. The first-order chi connectivity index (χ1) is 14.7. The van der Waals surface area contributed by atoms with Gasteiger partial charge in [-0.3, -0.25) is 9.78 Å². The van der Waals surface area contributed by atoms with Crippen LogP contribution in [0.1, 0.15) is 24.1 Å². The van der Waals surface area contributed by atoms with Crippen LogP contribution in [0.15, 0.2) is 61.1 Å². The van der Waals surface area contributed by atoms with Crippen molar-refractivity contribution in [2.45, 2.75) is 32.9 Å². The van der Waals surface area contributed by atoms with E-state index in [1.165, 1.54) is 0 Å². The third kappa shape index (κ3) is 4.94. The molecule has 1 amide bonds. The Balaban J connectivity index is 1.34. The maximum atomic E-state index is 12.7. The van der Waals surface area contributed by atoms with Crippen molar-refractivity contribution in [3.05, 3.63) is 72.3 Å². The van der Waals surface area contributed by atoms with Gasteiger partial charge in [-0.15, -0.1) is 0 Å². The summed E-state index contributed by atoms with van der Waals surface area (Å²) in [4.78, 5) is 23.4. The average Bonchev–Trinajstić information content (AvgIpc) is 3.15. The number of carbonyl (C=O) groups excluding carboxylic acids is 1. The molecule has 3 aromatic rings. The lowest BCUT2D eigenvalue weighted by molar-refractivity contribution is -0.138. The summed E-state index contributed by atoms with van der Waals surface area (Å²) in [5.74, 6) is 1.42. The van der Waals surface area contributed by atoms with E-state index in [-0.39, 0.29) is 12.5 Å². The molecule has 1 aromatic carbocycles. The van der Waals surface area contributed by atoms with Crippen molar-refractivity contribution in [2.75, 3.05) is 19.7 Å². The molecule has 3 heterocycles. The molecule has 1 aliphatic heterocycles. The lowest BCUT2D eigenvalue weighted by Crippen LogP contribution is -2.42. The predicted octanol–water partition coefficient (Wildman–Crippen LogP) is 3.71. The standard InChI is InChI=1S/C24H28N4O2/c1-19-13-26-24(22-10-5-11-25-14-22)28(19)16-21-9-6-12-27(15-21)23(29)18-30-17-20-7-3-2-4-8-20/h2-5,7-8,10-11,13-14,21H,6,9,12,15-18H2,1H3. The van der Waals surface area contributed by atoms with Gasteiger partial charge in [-0.2, -0.15) is 0 Å². The number of likely N-dealkylation sites (tertiary alicyclic amines) is 1. The van der Waals surface area contributed by atoms with Crippen molar-refractivity contribution in [1.82, 2.24) is 19.4 Å². The van der Waals surface area contributed by atoms with Crippen molar-refractivity contribution in [1.29, 1.82) is 0 Å². The molecule has 0 saturated carbocycles. The number of hydrogen-bond donors (Lipinski definition) is 0. The summed E-state index contributed by atoms with van der Waals surface area (Å²) < 4.78 is 7.91. The van der Waals surface area contributed by atoms with E-state index in [0.29, 0.717) is 12.5 Å². The summed E-state index contributed by atoms with van der Waals surface area (Å²) in [6, 6.07) is 13.9. The first kappa shape index (κ1) is 20.3. The van der Waals surface area contributed by atoms with Gasteiger partial charge < -0.3 is 14.2 Å². The van der Waals surface area contributed by atoms with Crippen LogP contribution in [0, 0.1) is 12.8 Å². The molecule has 6 heteroatoms.